The minimum Gasteiger partial charge on any atom is -0.396 e. The van der Waals surface area contributed by atoms with Crippen LogP contribution >= 0.6 is 0 Å². The molecule has 0 fully saturated rings. The number of benzene rings is 1. The lowest BCUT2D eigenvalue weighted by atomic mass is 10.1. The highest BCUT2D eigenvalue weighted by atomic mass is 19.4. The van der Waals surface area contributed by atoms with E-state index in [0.29, 0.717) is 6.54 Å². The summed E-state index contributed by atoms with van der Waals surface area (Å²) in [5.74, 6) is -0.0312. The molecule has 0 saturated heterocycles. The van der Waals surface area contributed by atoms with E-state index in [-0.39, 0.29) is 18.2 Å². The van der Waals surface area contributed by atoms with Gasteiger partial charge in [0.1, 0.15) is 0 Å². The van der Waals surface area contributed by atoms with Crippen molar-refractivity contribution >= 4 is 5.69 Å². The third-order valence-corrected chi connectivity index (χ3v) is 2.65. The second kappa shape index (κ2) is 5.91. The number of anilines is 1. The summed E-state index contributed by atoms with van der Waals surface area (Å²) in [7, 11) is 0. The van der Waals surface area contributed by atoms with Crippen molar-refractivity contribution in [2.75, 3.05) is 18.5 Å². The van der Waals surface area contributed by atoms with Crippen LogP contribution < -0.4 is 5.32 Å². The zero-order valence-corrected chi connectivity index (χ0v) is 9.59. The second-order valence-corrected chi connectivity index (χ2v) is 3.88. The van der Waals surface area contributed by atoms with Gasteiger partial charge in [-0.1, -0.05) is 19.1 Å². The molecule has 0 radical (unpaired) electrons. The van der Waals surface area contributed by atoms with E-state index in [1.54, 1.807) is 6.07 Å². The molecule has 0 spiro atoms. The molecule has 1 atom stereocenters. The maximum absolute atomic E-state index is 12.6. The average molecular weight is 247 g/mol. The van der Waals surface area contributed by atoms with E-state index in [2.05, 4.69) is 5.32 Å². The molecule has 2 N–H and O–H groups in total. The quantitative estimate of drug-likeness (QED) is 0.837. The van der Waals surface area contributed by atoms with E-state index < -0.39 is 11.7 Å². The first-order valence-corrected chi connectivity index (χ1v) is 5.50. The lowest BCUT2D eigenvalue weighted by Crippen LogP contribution is -2.19. The first-order chi connectivity index (χ1) is 7.99. The van der Waals surface area contributed by atoms with Crippen LogP contribution in [0.3, 0.4) is 0 Å². The smallest absolute Gasteiger partial charge is 0.396 e. The largest absolute Gasteiger partial charge is 0.418 e. The van der Waals surface area contributed by atoms with Crippen molar-refractivity contribution in [3.63, 3.8) is 0 Å². The fraction of sp³-hybridized carbons (Fsp3) is 0.500. The number of para-hydroxylation sites is 1. The Kier molecular flexibility index (Phi) is 4.81. The lowest BCUT2D eigenvalue weighted by Gasteiger charge is -2.17. The molecule has 1 unspecified atom stereocenters. The van der Waals surface area contributed by atoms with Gasteiger partial charge >= 0.3 is 6.18 Å². The molecule has 0 aromatic heterocycles. The highest BCUT2D eigenvalue weighted by Crippen LogP contribution is 2.34. The van der Waals surface area contributed by atoms with Crippen LogP contribution in [0.25, 0.3) is 0 Å². The van der Waals surface area contributed by atoms with Gasteiger partial charge in [-0.05, 0) is 24.5 Å². The molecule has 1 rings (SSSR count). The number of aliphatic hydroxyl groups is 1. The zero-order chi connectivity index (χ0) is 12.9. The molecule has 1 aromatic rings. The molecule has 0 heterocycles. The number of halogens is 3. The summed E-state index contributed by atoms with van der Waals surface area (Å²) in [6, 6.07) is 5.35. The summed E-state index contributed by atoms with van der Waals surface area (Å²) in [5.41, 5.74) is -0.611. The zero-order valence-electron chi connectivity index (χ0n) is 9.59. The highest BCUT2D eigenvalue weighted by molar-refractivity contribution is 5.52. The van der Waals surface area contributed by atoms with Crippen molar-refractivity contribution in [1.29, 1.82) is 0 Å². The Morgan fingerprint density at radius 1 is 1.29 bits per heavy atom. The summed E-state index contributed by atoms with van der Waals surface area (Å²) in [6.45, 7) is 2.19. The summed E-state index contributed by atoms with van der Waals surface area (Å²) in [6.07, 6.45) is -3.64. The summed E-state index contributed by atoms with van der Waals surface area (Å²) in [5, 5.41) is 11.7. The molecule has 17 heavy (non-hydrogen) atoms. The Balaban J connectivity index is 2.77. The maximum atomic E-state index is 12.6. The van der Waals surface area contributed by atoms with Gasteiger partial charge < -0.3 is 10.4 Å². The lowest BCUT2D eigenvalue weighted by molar-refractivity contribution is -0.136. The van der Waals surface area contributed by atoms with Crippen LogP contribution in [0.5, 0.6) is 0 Å². The first-order valence-electron chi connectivity index (χ1n) is 5.50. The Hall–Kier alpha value is -1.23. The third-order valence-electron chi connectivity index (χ3n) is 2.65. The van der Waals surface area contributed by atoms with Gasteiger partial charge in [0.05, 0.1) is 5.56 Å². The van der Waals surface area contributed by atoms with Crippen molar-refractivity contribution in [3.8, 4) is 0 Å². The molecule has 0 saturated carbocycles. The van der Waals surface area contributed by atoms with Crippen LogP contribution in [0, 0.1) is 5.92 Å². The molecule has 0 aliphatic heterocycles. The minimum absolute atomic E-state index is 0.0301. The Labute approximate surface area is 98.5 Å². The Morgan fingerprint density at radius 3 is 2.47 bits per heavy atom. The molecule has 2 nitrogen and oxygen atoms in total. The summed E-state index contributed by atoms with van der Waals surface area (Å²) < 4.78 is 37.9. The number of aliphatic hydroxyl groups excluding tert-OH is 1. The highest BCUT2D eigenvalue weighted by Gasteiger charge is 2.33. The molecular weight excluding hydrogens is 231 g/mol. The van der Waals surface area contributed by atoms with Gasteiger partial charge in [-0.15, -0.1) is 0 Å². The molecule has 0 aliphatic carbocycles. The Morgan fingerprint density at radius 2 is 1.94 bits per heavy atom. The monoisotopic (exact) mass is 247 g/mol. The van der Waals surface area contributed by atoms with E-state index in [1.807, 2.05) is 6.92 Å². The van der Waals surface area contributed by atoms with Crippen molar-refractivity contribution in [2.24, 2.45) is 5.92 Å². The van der Waals surface area contributed by atoms with Gasteiger partial charge in [0.25, 0.3) is 0 Å². The Bertz CT molecular complexity index is 348. The summed E-state index contributed by atoms with van der Waals surface area (Å²) in [4.78, 5) is 0. The number of alkyl halides is 3. The van der Waals surface area contributed by atoms with Crippen LogP contribution in [0.1, 0.15) is 18.9 Å². The van der Waals surface area contributed by atoms with Crippen molar-refractivity contribution in [3.05, 3.63) is 29.8 Å². The van der Waals surface area contributed by atoms with E-state index in [0.717, 1.165) is 12.5 Å². The first kappa shape index (κ1) is 13.8. The number of hydrogen-bond donors (Lipinski definition) is 2. The normalized spacial score (nSPS) is 13.5. The number of nitrogens with one attached hydrogen (secondary N) is 1. The van der Waals surface area contributed by atoms with E-state index in [1.165, 1.54) is 12.1 Å². The average Bonchev–Trinajstić information content (AvgIpc) is 2.29. The van der Waals surface area contributed by atoms with Gasteiger partial charge in [-0.25, -0.2) is 0 Å². The topological polar surface area (TPSA) is 32.3 Å². The van der Waals surface area contributed by atoms with Gasteiger partial charge in [0, 0.05) is 18.8 Å². The number of rotatable bonds is 5. The SMILES string of the molecule is CCC(CO)CNc1ccccc1C(F)(F)F. The van der Waals surface area contributed by atoms with Crippen LogP contribution in [-0.2, 0) is 6.18 Å². The molecule has 0 aliphatic rings. The van der Waals surface area contributed by atoms with Crippen molar-refractivity contribution in [1.82, 2.24) is 0 Å². The van der Waals surface area contributed by atoms with Gasteiger partial charge in [0.15, 0.2) is 0 Å². The van der Waals surface area contributed by atoms with Crippen LogP contribution in [0.2, 0.25) is 0 Å². The van der Waals surface area contributed by atoms with Crippen LogP contribution in [0.4, 0.5) is 18.9 Å². The summed E-state index contributed by atoms with van der Waals surface area (Å²) >= 11 is 0. The minimum atomic E-state index is -4.36. The second-order valence-electron chi connectivity index (χ2n) is 3.88. The fourth-order valence-corrected chi connectivity index (χ4v) is 1.48. The predicted octanol–water partition coefficient (Wildman–Crippen LogP) is 3.14. The molecular formula is C12H16F3NO. The standard InChI is InChI=1S/C12H16F3NO/c1-2-9(8-17)7-16-11-6-4-3-5-10(11)12(13,14)15/h3-6,9,16-17H,2,7-8H2,1H3. The van der Waals surface area contributed by atoms with Gasteiger partial charge in [-0.3, -0.25) is 0 Å². The van der Waals surface area contributed by atoms with E-state index in [9.17, 15) is 13.2 Å². The molecule has 96 valence electrons. The molecule has 1 aromatic carbocycles. The third kappa shape index (κ3) is 3.93. The molecule has 5 heteroatoms. The number of hydrogen-bond acceptors (Lipinski definition) is 2. The van der Waals surface area contributed by atoms with Crippen molar-refractivity contribution < 1.29 is 18.3 Å². The van der Waals surface area contributed by atoms with E-state index in [4.69, 9.17) is 5.11 Å². The van der Waals surface area contributed by atoms with Gasteiger partial charge in [-0.2, -0.15) is 13.2 Å². The molecule has 0 bridgehead atoms. The van der Waals surface area contributed by atoms with E-state index >= 15 is 0 Å². The van der Waals surface area contributed by atoms with Crippen molar-refractivity contribution in [2.45, 2.75) is 19.5 Å². The fourth-order valence-electron chi connectivity index (χ4n) is 1.48. The van der Waals surface area contributed by atoms with Crippen LogP contribution in [-0.4, -0.2) is 18.3 Å². The van der Waals surface area contributed by atoms with Gasteiger partial charge in [0.2, 0.25) is 0 Å². The van der Waals surface area contributed by atoms with Crippen LogP contribution in [0.15, 0.2) is 24.3 Å². The molecule has 0 amide bonds. The maximum Gasteiger partial charge on any atom is 0.418 e. The predicted molar refractivity (Wildman–Crippen MR) is 60.8 cm³/mol.